The molecule has 0 aromatic heterocycles. The van der Waals surface area contributed by atoms with E-state index in [4.69, 9.17) is 5.73 Å². The molecular weight excluding hydrogens is 224 g/mol. The molecule has 5 heteroatoms. The number of nitrogens with zero attached hydrogens (tertiary/aromatic N) is 1. The maximum absolute atomic E-state index is 11.3. The molecule has 0 unspecified atom stereocenters. The van der Waals surface area contributed by atoms with Crippen LogP contribution in [-0.2, 0) is 9.84 Å². The molecule has 0 bridgehead atoms. The minimum Gasteiger partial charge on any atom is -0.325 e. The lowest BCUT2D eigenvalue weighted by Crippen LogP contribution is -2.55. The number of sulfone groups is 1. The van der Waals surface area contributed by atoms with Gasteiger partial charge in [0.15, 0.2) is 9.84 Å². The minimum absolute atomic E-state index is 0.0197. The van der Waals surface area contributed by atoms with Crippen LogP contribution < -0.4 is 5.73 Å². The van der Waals surface area contributed by atoms with Crippen molar-refractivity contribution in [2.24, 2.45) is 11.1 Å². The maximum Gasteiger partial charge on any atom is 0.152 e. The van der Waals surface area contributed by atoms with Crippen molar-refractivity contribution < 1.29 is 8.42 Å². The zero-order valence-electron chi connectivity index (χ0n) is 10.8. The highest BCUT2D eigenvalue weighted by Crippen LogP contribution is 2.29. The van der Waals surface area contributed by atoms with Gasteiger partial charge in [-0.25, -0.2) is 8.42 Å². The SMILES string of the molecule is CC(C)(N)C(C)(C)CN1CCS(=O)(=O)CC1. The molecule has 1 aliphatic rings. The number of hydrogen-bond acceptors (Lipinski definition) is 4. The highest BCUT2D eigenvalue weighted by molar-refractivity contribution is 7.91. The molecule has 1 fully saturated rings. The first kappa shape index (κ1) is 13.9. The first-order valence-electron chi connectivity index (χ1n) is 5.75. The number of nitrogens with two attached hydrogens (primary N) is 1. The van der Waals surface area contributed by atoms with Crippen LogP contribution in [0.25, 0.3) is 0 Å². The summed E-state index contributed by atoms with van der Waals surface area (Å²) in [5.41, 5.74) is 5.86. The highest BCUT2D eigenvalue weighted by Gasteiger charge is 2.36. The minimum atomic E-state index is -2.78. The van der Waals surface area contributed by atoms with Gasteiger partial charge in [0.1, 0.15) is 0 Å². The van der Waals surface area contributed by atoms with Crippen LogP contribution in [0, 0.1) is 5.41 Å². The van der Waals surface area contributed by atoms with Crippen molar-refractivity contribution in [3.8, 4) is 0 Å². The normalized spacial score (nSPS) is 23.3. The van der Waals surface area contributed by atoms with Crippen molar-refractivity contribution in [3.05, 3.63) is 0 Å². The Labute approximate surface area is 99.1 Å². The lowest BCUT2D eigenvalue weighted by atomic mass is 9.75. The zero-order chi connectivity index (χ0) is 12.6. The molecule has 0 saturated carbocycles. The van der Waals surface area contributed by atoms with E-state index in [1.165, 1.54) is 0 Å². The average molecular weight is 248 g/mol. The molecule has 2 N–H and O–H groups in total. The molecule has 0 spiro atoms. The smallest absolute Gasteiger partial charge is 0.152 e. The van der Waals surface area contributed by atoms with E-state index in [1.807, 2.05) is 13.8 Å². The third kappa shape index (κ3) is 3.43. The van der Waals surface area contributed by atoms with Crippen molar-refractivity contribution in [3.63, 3.8) is 0 Å². The van der Waals surface area contributed by atoms with Crippen LogP contribution >= 0.6 is 0 Å². The fourth-order valence-electron chi connectivity index (χ4n) is 1.67. The predicted octanol–water partition coefficient (Wildman–Crippen LogP) is 0.480. The lowest BCUT2D eigenvalue weighted by Gasteiger charge is -2.43. The fraction of sp³-hybridized carbons (Fsp3) is 1.00. The van der Waals surface area contributed by atoms with E-state index in [0.29, 0.717) is 13.1 Å². The topological polar surface area (TPSA) is 63.4 Å². The van der Waals surface area contributed by atoms with Crippen LogP contribution in [-0.4, -0.2) is 50.0 Å². The van der Waals surface area contributed by atoms with Crippen LogP contribution in [0.15, 0.2) is 0 Å². The first-order chi connectivity index (χ1) is 7.04. The average Bonchev–Trinajstić information content (AvgIpc) is 2.06. The second kappa shape index (κ2) is 4.27. The van der Waals surface area contributed by atoms with Crippen molar-refractivity contribution in [2.45, 2.75) is 33.2 Å². The van der Waals surface area contributed by atoms with E-state index in [2.05, 4.69) is 18.7 Å². The molecule has 0 atom stereocenters. The molecule has 96 valence electrons. The fourth-order valence-corrected chi connectivity index (χ4v) is 2.95. The van der Waals surface area contributed by atoms with E-state index < -0.39 is 9.84 Å². The van der Waals surface area contributed by atoms with Crippen molar-refractivity contribution in [2.75, 3.05) is 31.1 Å². The van der Waals surface area contributed by atoms with Gasteiger partial charge >= 0.3 is 0 Å². The Morgan fingerprint density at radius 1 is 1.12 bits per heavy atom. The van der Waals surface area contributed by atoms with Gasteiger partial charge in [-0.05, 0) is 19.3 Å². The Morgan fingerprint density at radius 2 is 1.56 bits per heavy atom. The second-order valence-electron chi connectivity index (χ2n) is 6.03. The van der Waals surface area contributed by atoms with E-state index in [1.54, 1.807) is 0 Å². The van der Waals surface area contributed by atoms with Gasteiger partial charge in [0.2, 0.25) is 0 Å². The summed E-state index contributed by atoms with van der Waals surface area (Å²) in [7, 11) is -2.78. The highest BCUT2D eigenvalue weighted by atomic mass is 32.2. The Balaban J connectivity index is 2.58. The largest absolute Gasteiger partial charge is 0.325 e. The van der Waals surface area contributed by atoms with Crippen LogP contribution in [0.3, 0.4) is 0 Å². The predicted molar refractivity (Wildman–Crippen MR) is 67.1 cm³/mol. The molecule has 4 nitrogen and oxygen atoms in total. The van der Waals surface area contributed by atoms with Gasteiger partial charge in [0, 0.05) is 25.2 Å². The van der Waals surface area contributed by atoms with Gasteiger partial charge in [-0.2, -0.15) is 0 Å². The summed E-state index contributed by atoms with van der Waals surface area (Å²) in [5.74, 6) is 0.572. The quantitative estimate of drug-likeness (QED) is 0.789. The third-order valence-corrected chi connectivity index (χ3v) is 5.41. The number of rotatable bonds is 3. The third-order valence-electron chi connectivity index (χ3n) is 3.80. The van der Waals surface area contributed by atoms with Crippen molar-refractivity contribution in [1.29, 1.82) is 0 Å². The molecule has 16 heavy (non-hydrogen) atoms. The van der Waals surface area contributed by atoms with E-state index in [9.17, 15) is 8.42 Å². The monoisotopic (exact) mass is 248 g/mol. The lowest BCUT2D eigenvalue weighted by molar-refractivity contribution is 0.119. The molecular formula is C11H24N2O2S. The zero-order valence-corrected chi connectivity index (χ0v) is 11.6. The maximum atomic E-state index is 11.3. The van der Waals surface area contributed by atoms with Crippen molar-refractivity contribution >= 4 is 9.84 Å². The van der Waals surface area contributed by atoms with Gasteiger partial charge in [0.05, 0.1) is 11.5 Å². The standard InChI is InChI=1S/C11H24N2O2S/c1-10(2,11(3,4)12)9-13-5-7-16(14,15)8-6-13/h5-9,12H2,1-4H3. The molecule has 0 aromatic rings. The molecule has 0 aromatic carbocycles. The molecule has 0 radical (unpaired) electrons. The van der Waals surface area contributed by atoms with Crippen LogP contribution in [0.5, 0.6) is 0 Å². The van der Waals surface area contributed by atoms with Crippen LogP contribution in [0.1, 0.15) is 27.7 Å². The summed E-state index contributed by atoms with van der Waals surface area (Å²) in [6.45, 7) is 10.4. The molecule has 1 rings (SSSR count). The van der Waals surface area contributed by atoms with E-state index in [0.717, 1.165) is 6.54 Å². The molecule has 0 aliphatic carbocycles. The Hall–Kier alpha value is -0.130. The summed E-state index contributed by atoms with van der Waals surface area (Å²) in [5, 5.41) is 0. The summed E-state index contributed by atoms with van der Waals surface area (Å²) in [4.78, 5) is 2.20. The Bertz CT molecular complexity index is 327. The Kier molecular flexibility index (Phi) is 3.72. The van der Waals surface area contributed by atoms with E-state index >= 15 is 0 Å². The second-order valence-corrected chi connectivity index (χ2v) is 8.34. The van der Waals surface area contributed by atoms with Gasteiger partial charge in [-0.1, -0.05) is 13.8 Å². The molecule has 1 saturated heterocycles. The summed E-state index contributed by atoms with van der Waals surface area (Å²) < 4.78 is 22.6. The van der Waals surface area contributed by atoms with Gasteiger partial charge in [0.25, 0.3) is 0 Å². The first-order valence-corrected chi connectivity index (χ1v) is 7.57. The van der Waals surface area contributed by atoms with Gasteiger partial charge in [-0.3, -0.25) is 0 Å². The van der Waals surface area contributed by atoms with Gasteiger partial charge < -0.3 is 10.6 Å². The van der Waals surface area contributed by atoms with Gasteiger partial charge in [-0.15, -0.1) is 0 Å². The van der Waals surface area contributed by atoms with Crippen molar-refractivity contribution in [1.82, 2.24) is 4.90 Å². The van der Waals surface area contributed by atoms with E-state index in [-0.39, 0.29) is 22.5 Å². The van der Waals surface area contributed by atoms with Crippen LogP contribution in [0.2, 0.25) is 0 Å². The summed E-state index contributed by atoms with van der Waals surface area (Å²) >= 11 is 0. The summed E-state index contributed by atoms with van der Waals surface area (Å²) in [6.07, 6.45) is 0. The van der Waals surface area contributed by atoms with Crippen LogP contribution in [0.4, 0.5) is 0 Å². The Morgan fingerprint density at radius 3 is 1.94 bits per heavy atom. The molecule has 0 amide bonds. The molecule has 1 aliphatic heterocycles. The number of hydrogen-bond donors (Lipinski definition) is 1. The molecule has 1 heterocycles. The summed E-state index contributed by atoms with van der Waals surface area (Å²) in [6, 6.07) is 0.